The summed E-state index contributed by atoms with van der Waals surface area (Å²) in [5.41, 5.74) is -0.0848. The van der Waals surface area contributed by atoms with Gasteiger partial charge in [0.1, 0.15) is 10.2 Å². The molecule has 0 aliphatic rings. The predicted molar refractivity (Wildman–Crippen MR) is 101 cm³/mol. The Balaban J connectivity index is 2.31. The average molecular weight is 450 g/mol. The first-order valence-electron chi connectivity index (χ1n) is 7.43. The predicted octanol–water partition coefficient (Wildman–Crippen LogP) is 4.89. The van der Waals surface area contributed by atoms with E-state index in [1.165, 1.54) is 23.6 Å². The largest absolute Gasteiger partial charge is 0.469 e. The van der Waals surface area contributed by atoms with Gasteiger partial charge in [-0.3, -0.25) is 4.79 Å². The molecule has 1 aromatic carbocycles. The van der Waals surface area contributed by atoms with Crippen LogP contribution in [0.2, 0.25) is 5.02 Å². The van der Waals surface area contributed by atoms with Gasteiger partial charge in [-0.05, 0) is 48.8 Å². The fourth-order valence-corrected chi connectivity index (χ4v) is 3.98. The summed E-state index contributed by atoms with van der Waals surface area (Å²) in [5, 5.41) is 5.28. The number of nitrogens with zero attached hydrogens (tertiary/aromatic N) is 2. The number of halogens is 2. The lowest BCUT2D eigenvalue weighted by molar-refractivity contribution is -0.140. The second-order valence-electron chi connectivity index (χ2n) is 6.13. The highest BCUT2D eigenvalue weighted by Gasteiger charge is 2.23. The summed E-state index contributed by atoms with van der Waals surface area (Å²) >= 11 is 11.3. The lowest BCUT2D eigenvalue weighted by atomic mass is 10.2. The van der Waals surface area contributed by atoms with E-state index in [1.807, 2.05) is 0 Å². The zero-order valence-corrected chi connectivity index (χ0v) is 17.4. The van der Waals surface area contributed by atoms with E-state index in [4.69, 9.17) is 16.3 Å². The van der Waals surface area contributed by atoms with E-state index >= 15 is 0 Å². The van der Waals surface area contributed by atoms with Gasteiger partial charge in [-0.15, -0.1) is 11.8 Å². The molecular weight excluding hydrogens is 432 g/mol. The van der Waals surface area contributed by atoms with Crippen LogP contribution in [0.1, 0.15) is 27.2 Å². The lowest BCUT2D eigenvalue weighted by Gasteiger charge is -2.19. The number of thioether (sulfide) groups is 1. The smallest absolute Gasteiger partial charge is 0.435 e. The monoisotopic (exact) mass is 448 g/mol. The molecule has 0 bridgehead atoms. The Morgan fingerprint density at radius 1 is 1.36 bits per heavy atom. The molecule has 1 aromatic heterocycles. The van der Waals surface area contributed by atoms with Crippen molar-refractivity contribution in [3.05, 3.63) is 21.8 Å². The molecule has 2 aromatic rings. The first kappa shape index (κ1) is 20.1. The quantitative estimate of drug-likeness (QED) is 0.489. The molecule has 0 amide bonds. The fraction of sp³-hybridized carbons (Fsp3) is 0.438. The van der Waals surface area contributed by atoms with E-state index in [0.717, 1.165) is 4.90 Å². The van der Waals surface area contributed by atoms with Gasteiger partial charge in [0.15, 0.2) is 0 Å². The van der Waals surface area contributed by atoms with Gasteiger partial charge in [-0.2, -0.15) is 9.78 Å². The maximum Gasteiger partial charge on any atom is 0.435 e. The maximum atomic E-state index is 12.3. The summed E-state index contributed by atoms with van der Waals surface area (Å²) < 4.78 is 11.6. The van der Waals surface area contributed by atoms with Gasteiger partial charge in [0.25, 0.3) is 0 Å². The third kappa shape index (κ3) is 4.89. The Hall–Kier alpha value is -1.25. The molecule has 0 saturated heterocycles. The van der Waals surface area contributed by atoms with Gasteiger partial charge in [0.2, 0.25) is 0 Å². The van der Waals surface area contributed by atoms with Crippen molar-refractivity contribution in [2.75, 3.05) is 12.9 Å². The third-order valence-corrected chi connectivity index (χ3v) is 5.18. The van der Waals surface area contributed by atoms with Crippen LogP contribution in [-0.4, -0.2) is 40.3 Å². The zero-order chi connectivity index (χ0) is 18.8. The van der Waals surface area contributed by atoms with Crippen molar-refractivity contribution in [1.29, 1.82) is 0 Å². The number of benzene rings is 1. The second-order valence-corrected chi connectivity index (χ2v) is 8.40. The van der Waals surface area contributed by atoms with Crippen LogP contribution in [0.25, 0.3) is 10.9 Å². The summed E-state index contributed by atoms with van der Waals surface area (Å²) in [7, 11) is 1.36. The van der Waals surface area contributed by atoms with E-state index in [9.17, 15) is 9.59 Å². The number of fused-ring (bicyclic) bond motifs is 1. The maximum absolute atomic E-state index is 12.3. The second kappa shape index (κ2) is 7.97. The number of esters is 1. The topological polar surface area (TPSA) is 70.4 Å². The SMILES string of the molecule is COC(=O)CCSc1ccc2c(c(Br)nn2C(=O)OC(C)(C)C)c1Cl. The number of rotatable bonds is 4. The third-order valence-electron chi connectivity index (χ3n) is 3.06. The summed E-state index contributed by atoms with van der Waals surface area (Å²) in [6, 6.07) is 3.55. The molecule has 1 heterocycles. The molecule has 136 valence electrons. The Labute approximate surface area is 163 Å². The molecule has 0 atom stereocenters. The molecule has 0 spiro atoms. The summed E-state index contributed by atoms with van der Waals surface area (Å²) in [6.45, 7) is 5.36. The van der Waals surface area contributed by atoms with Crippen LogP contribution in [0.15, 0.2) is 21.6 Å². The standard InChI is InChI=1S/C16H18BrClN2O4S/c1-16(2,3)24-15(22)20-9-5-6-10(25-8-7-11(21)23-4)13(18)12(9)14(17)19-20/h5-6H,7-8H2,1-4H3. The molecular formula is C16H18BrClN2O4S. The van der Waals surface area contributed by atoms with Crippen LogP contribution in [-0.2, 0) is 14.3 Å². The van der Waals surface area contributed by atoms with E-state index in [0.29, 0.717) is 26.3 Å². The van der Waals surface area contributed by atoms with Crippen molar-refractivity contribution in [3.8, 4) is 0 Å². The van der Waals surface area contributed by atoms with Gasteiger partial charge < -0.3 is 9.47 Å². The number of carbonyl (C=O) groups excluding carboxylic acids is 2. The van der Waals surface area contributed by atoms with Crippen molar-refractivity contribution in [2.45, 2.75) is 37.7 Å². The van der Waals surface area contributed by atoms with Gasteiger partial charge in [-0.1, -0.05) is 11.6 Å². The van der Waals surface area contributed by atoms with Gasteiger partial charge in [0.05, 0.1) is 29.5 Å². The lowest BCUT2D eigenvalue weighted by Crippen LogP contribution is -2.27. The Morgan fingerprint density at radius 2 is 2.04 bits per heavy atom. The first-order valence-corrected chi connectivity index (χ1v) is 9.59. The molecule has 9 heteroatoms. The van der Waals surface area contributed by atoms with Crippen LogP contribution >= 0.6 is 39.3 Å². The molecule has 0 saturated carbocycles. The van der Waals surface area contributed by atoms with Crippen molar-refractivity contribution >= 4 is 62.3 Å². The Morgan fingerprint density at radius 3 is 2.64 bits per heavy atom. The highest BCUT2D eigenvalue weighted by atomic mass is 79.9. The molecule has 0 radical (unpaired) electrons. The fourth-order valence-electron chi connectivity index (χ4n) is 2.01. The van der Waals surface area contributed by atoms with E-state index in [1.54, 1.807) is 32.9 Å². The van der Waals surface area contributed by atoms with Crippen LogP contribution in [0.3, 0.4) is 0 Å². The van der Waals surface area contributed by atoms with E-state index < -0.39 is 11.7 Å². The van der Waals surface area contributed by atoms with Gasteiger partial charge in [0, 0.05) is 10.6 Å². The number of hydrogen-bond acceptors (Lipinski definition) is 6. The summed E-state index contributed by atoms with van der Waals surface area (Å²) in [5.74, 6) is 0.263. The molecule has 25 heavy (non-hydrogen) atoms. The first-order chi connectivity index (χ1) is 11.6. The minimum Gasteiger partial charge on any atom is -0.469 e. The molecule has 0 aliphatic carbocycles. The zero-order valence-electron chi connectivity index (χ0n) is 14.3. The van der Waals surface area contributed by atoms with Gasteiger partial charge >= 0.3 is 12.1 Å². The molecule has 0 aliphatic heterocycles. The Bertz CT molecular complexity index is 817. The number of aromatic nitrogens is 2. The van der Waals surface area contributed by atoms with Crippen LogP contribution in [0.4, 0.5) is 4.79 Å². The van der Waals surface area contributed by atoms with Crippen molar-refractivity contribution in [3.63, 3.8) is 0 Å². The highest BCUT2D eigenvalue weighted by Crippen LogP contribution is 2.38. The van der Waals surface area contributed by atoms with E-state index in [-0.39, 0.29) is 12.4 Å². The van der Waals surface area contributed by atoms with Crippen molar-refractivity contribution < 1.29 is 19.1 Å². The number of hydrogen-bond donors (Lipinski definition) is 0. The molecule has 0 unspecified atom stereocenters. The number of methoxy groups -OCH3 is 1. The molecule has 0 N–H and O–H groups in total. The van der Waals surface area contributed by atoms with E-state index in [2.05, 4.69) is 25.8 Å². The highest BCUT2D eigenvalue weighted by molar-refractivity contribution is 9.10. The molecule has 2 rings (SSSR count). The minimum absolute atomic E-state index is 0.274. The molecule has 0 fully saturated rings. The summed E-state index contributed by atoms with van der Waals surface area (Å²) in [6.07, 6.45) is -0.293. The average Bonchev–Trinajstić information content (AvgIpc) is 2.85. The number of ether oxygens (including phenoxy) is 2. The molecule has 6 nitrogen and oxygen atoms in total. The summed E-state index contributed by atoms with van der Waals surface area (Å²) in [4.78, 5) is 24.3. The van der Waals surface area contributed by atoms with Crippen LogP contribution < -0.4 is 0 Å². The van der Waals surface area contributed by atoms with Crippen LogP contribution in [0.5, 0.6) is 0 Å². The van der Waals surface area contributed by atoms with Gasteiger partial charge in [-0.25, -0.2) is 4.79 Å². The Kier molecular flexibility index (Phi) is 6.40. The van der Waals surface area contributed by atoms with Crippen molar-refractivity contribution in [2.24, 2.45) is 0 Å². The minimum atomic E-state index is -0.630. The van der Waals surface area contributed by atoms with Crippen LogP contribution in [0, 0.1) is 0 Å². The normalized spacial score (nSPS) is 11.6. The number of carbonyl (C=O) groups is 2. The van der Waals surface area contributed by atoms with Crippen molar-refractivity contribution in [1.82, 2.24) is 9.78 Å².